The lowest BCUT2D eigenvalue weighted by Crippen LogP contribution is -2.33. The minimum atomic E-state index is -0.0256. The lowest BCUT2D eigenvalue weighted by atomic mass is 10.2. The topological polar surface area (TPSA) is 45.7 Å². The molecule has 0 atom stereocenters. The Bertz CT molecular complexity index is 877. The third-order valence-corrected chi connectivity index (χ3v) is 5.12. The number of para-hydroxylation sites is 1. The molecule has 136 valence electrons. The van der Waals surface area contributed by atoms with E-state index in [4.69, 9.17) is 9.72 Å². The number of thiazole rings is 1. The van der Waals surface area contributed by atoms with Gasteiger partial charge in [-0.2, -0.15) is 0 Å². The van der Waals surface area contributed by atoms with Crippen LogP contribution < -0.4 is 9.64 Å². The van der Waals surface area contributed by atoms with Gasteiger partial charge in [-0.15, -0.1) is 0 Å². The number of ether oxygens (including phenoxy) is 1. The van der Waals surface area contributed by atoms with Crippen molar-refractivity contribution in [1.29, 1.82) is 0 Å². The van der Waals surface area contributed by atoms with Gasteiger partial charge in [0.05, 0.1) is 11.8 Å². The van der Waals surface area contributed by atoms with Crippen LogP contribution in [0.5, 0.6) is 5.75 Å². The fourth-order valence-corrected chi connectivity index (χ4v) is 3.76. The van der Waals surface area contributed by atoms with E-state index in [0.717, 1.165) is 28.9 Å². The fourth-order valence-electron chi connectivity index (χ4n) is 2.76. The summed E-state index contributed by atoms with van der Waals surface area (Å²) in [5.41, 5.74) is 1.47. The van der Waals surface area contributed by atoms with E-state index in [1.54, 1.807) is 12.0 Å². The Kier molecular flexibility index (Phi) is 5.85. The van der Waals surface area contributed by atoms with E-state index < -0.39 is 0 Å². The second kappa shape index (κ2) is 8.29. The van der Waals surface area contributed by atoms with Crippen molar-refractivity contribution in [3.05, 3.63) is 54.1 Å². The molecule has 0 aliphatic heterocycles. The molecule has 0 N–H and O–H groups in total. The van der Waals surface area contributed by atoms with Gasteiger partial charge in [-0.05, 0) is 51.3 Å². The number of nitrogens with zero attached hydrogens (tertiary/aromatic N) is 3. The zero-order valence-electron chi connectivity index (χ0n) is 15.3. The number of fused-ring (bicyclic) bond motifs is 1. The Balaban J connectivity index is 1.95. The van der Waals surface area contributed by atoms with Crippen LogP contribution in [-0.2, 0) is 0 Å². The smallest absolute Gasteiger partial charge is 0.260 e. The van der Waals surface area contributed by atoms with Gasteiger partial charge in [-0.25, -0.2) is 4.98 Å². The van der Waals surface area contributed by atoms with Crippen LogP contribution >= 0.6 is 11.3 Å². The summed E-state index contributed by atoms with van der Waals surface area (Å²) in [5, 5.41) is 0.706. The second-order valence-corrected chi connectivity index (χ2v) is 7.29. The first kappa shape index (κ1) is 18.4. The normalized spacial score (nSPS) is 11.1. The van der Waals surface area contributed by atoms with Crippen molar-refractivity contribution in [3.63, 3.8) is 0 Å². The monoisotopic (exact) mass is 369 g/mol. The molecule has 3 rings (SSSR count). The zero-order chi connectivity index (χ0) is 18.5. The van der Waals surface area contributed by atoms with Crippen LogP contribution in [0, 0.1) is 0 Å². The minimum Gasteiger partial charge on any atom is -0.494 e. The van der Waals surface area contributed by atoms with Gasteiger partial charge in [-0.1, -0.05) is 35.6 Å². The molecule has 0 saturated heterocycles. The van der Waals surface area contributed by atoms with Crippen molar-refractivity contribution in [2.45, 2.75) is 6.42 Å². The van der Waals surface area contributed by atoms with E-state index in [1.807, 2.05) is 62.6 Å². The molecule has 0 saturated carbocycles. The highest BCUT2D eigenvalue weighted by Gasteiger charge is 2.21. The number of aromatic nitrogens is 1. The number of carbonyl (C=O) groups excluding carboxylic acids is 1. The Morgan fingerprint density at radius 1 is 1.08 bits per heavy atom. The maximum Gasteiger partial charge on any atom is 0.260 e. The predicted molar refractivity (Wildman–Crippen MR) is 107 cm³/mol. The molecule has 0 radical (unpaired) electrons. The van der Waals surface area contributed by atoms with Crippen molar-refractivity contribution in [1.82, 2.24) is 9.88 Å². The number of carbonyl (C=O) groups is 1. The van der Waals surface area contributed by atoms with Crippen LogP contribution in [0.3, 0.4) is 0 Å². The standard InChI is InChI=1S/C20H23N3O2S/c1-22(2)13-8-14-23(19(24)15-9-5-4-6-10-15)20-21-18-16(25-3)11-7-12-17(18)26-20/h4-7,9-12H,8,13-14H2,1-3H3. The molecule has 0 fully saturated rings. The molecule has 26 heavy (non-hydrogen) atoms. The summed E-state index contributed by atoms with van der Waals surface area (Å²) in [6.45, 7) is 1.53. The molecule has 0 aliphatic carbocycles. The summed E-state index contributed by atoms with van der Waals surface area (Å²) >= 11 is 1.52. The van der Waals surface area contributed by atoms with Gasteiger partial charge in [0.1, 0.15) is 11.3 Å². The second-order valence-electron chi connectivity index (χ2n) is 6.28. The summed E-state index contributed by atoms with van der Waals surface area (Å²) in [6.07, 6.45) is 0.874. The molecule has 1 aromatic heterocycles. The SMILES string of the molecule is COc1cccc2sc(N(CCCN(C)C)C(=O)c3ccccc3)nc12. The summed E-state index contributed by atoms with van der Waals surface area (Å²) in [6, 6.07) is 15.2. The van der Waals surface area contributed by atoms with Crippen molar-refractivity contribution >= 4 is 32.6 Å². The highest BCUT2D eigenvalue weighted by atomic mass is 32.1. The third-order valence-electron chi connectivity index (χ3n) is 4.07. The molecule has 5 nitrogen and oxygen atoms in total. The molecule has 0 spiro atoms. The summed E-state index contributed by atoms with van der Waals surface area (Å²) in [5.74, 6) is 0.702. The molecule has 3 aromatic rings. The molecule has 1 amide bonds. The van der Waals surface area contributed by atoms with E-state index in [1.165, 1.54) is 11.3 Å². The molecular weight excluding hydrogens is 346 g/mol. The van der Waals surface area contributed by atoms with Crippen molar-refractivity contribution in [2.24, 2.45) is 0 Å². The van der Waals surface area contributed by atoms with E-state index >= 15 is 0 Å². The predicted octanol–water partition coefficient (Wildman–Crippen LogP) is 3.90. The average molecular weight is 369 g/mol. The molecule has 0 aliphatic rings. The van der Waals surface area contributed by atoms with Gasteiger partial charge in [0.2, 0.25) is 0 Å². The minimum absolute atomic E-state index is 0.0256. The van der Waals surface area contributed by atoms with Crippen LogP contribution in [0.15, 0.2) is 48.5 Å². The zero-order valence-corrected chi connectivity index (χ0v) is 16.1. The van der Waals surface area contributed by atoms with Crippen LogP contribution in [0.1, 0.15) is 16.8 Å². The van der Waals surface area contributed by atoms with Gasteiger partial charge in [0, 0.05) is 12.1 Å². The molecule has 0 bridgehead atoms. The van der Waals surface area contributed by atoms with Gasteiger partial charge in [-0.3, -0.25) is 9.69 Å². The van der Waals surface area contributed by atoms with Crippen molar-refractivity contribution < 1.29 is 9.53 Å². The number of hydrogen-bond acceptors (Lipinski definition) is 5. The van der Waals surface area contributed by atoms with Gasteiger partial charge in [0.15, 0.2) is 5.13 Å². The summed E-state index contributed by atoms with van der Waals surface area (Å²) in [4.78, 5) is 21.7. The molecular formula is C20H23N3O2S. The molecule has 6 heteroatoms. The van der Waals surface area contributed by atoms with Crippen LogP contribution in [0.4, 0.5) is 5.13 Å². The highest BCUT2D eigenvalue weighted by Crippen LogP contribution is 2.34. The quantitative estimate of drug-likeness (QED) is 0.634. The average Bonchev–Trinajstić information content (AvgIpc) is 3.09. The number of hydrogen-bond donors (Lipinski definition) is 0. The van der Waals surface area contributed by atoms with Crippen LogP contribution in [-0.4, -0.2) is 50.1 Å². The highest BCUT2D eigenvalue weighted by molar-refractivity contribution is 7.22. The Hall–Kier alpha value is -2.44. The largest absolute Gasteiger partial charge is 0.494 e. The summed E-state index contributed by atoms with van der Waals surface area (Å²) < 4.78 is 6.42. The fraction of sp³-hybridized carbons (Fsp3) is 0.300. The van der Waals surface area contributed by atoms with E-state index in [-0.39, 0.29) is 5.91 Å². The molecule has 0 unspecified atom stereocenters. The number of anilines is 1. The van der Waals surface area contributed by atoms with E-state index in [2.05, 4.69) is 4.90 Å². The van der Waals surface area contributed by atoms with Gasteiger partial charge >= 0.3 is 0 Å². The van der Waals surface area contributed by atoms with E-state index in [9.17, 15) is 4.79 Å². The first-order valence-electron chi connectivity index (χ1n) is 8.55. The van der Waals surface area contributed by atoms with Crippen LogP contribution in [0.25, 0.3) is 10.2 Å². The molecule has 1 heterocycles. The number of rotatable bonds is 7. The van der Waals surface area contributed by atoms with Crippen LogP contribution in [0.2, 0.25) is 0 Å². The maximum absolute atomic E-state index is 13.1. The van der Waals surface area contributed by atoms with Gasteiger partial charge < -0.3 is 9.64 Å². The third kappa shape index (κ3) is 4.03. The maximum atomic E-state index is 13.1. The van der Waals surface area contributed by atoms with Crippen molar-refractivity contribution in [3.8, 4) is 5.75 Å². The number of methoxy groups -OCH3 is 1. The van der Waals surface area contributed by atoms with Crippen molar-refractivity contribution in [2.75, 3.05) is 39.2 Å². The lowest BCUT2D eigenvalue weighted by molar-refractivity contribution is 0.0986. The number of benzene rings is 2. The van der Waals surface area contributed by atoms with Gasteiger partial charge in [0.25, 0.3) is 5.91 Å². The van der Waals surface area contributed by atoms with E-state index in [0.29, 0.717) is 17.2 Å². The summed E-state index contributed by atoms with van der Waals surface area (Å²) in [7, 11) is 5.70. The molecule has 2 aromatic carbocycles. The Labute approximate surface area is 157 Å². The lowest BCUT2D eigenvalue weighted by Gasteiger charge is -2.21. The first-order valence-corrected chi connectivity index (χ1v) is 9.37. The number of amides is 1. The Morgan fingerprint density at radius 3 is 2.54 bits per heavy atom. The first-order chi connectivity index (χ1) is 12.6. The Morgan fingerprint density at radius 2 is 1.85 bits per heavy atom.